The standard InChI is InChI=1S/C13H22N2OS/c1-10-12(17-11(2)15-10)8-14-13(9-16)6-4-3-5-7-13/h14,16H,3-9H2,1-2H3. The lowest BCUT2D eigenvalue weighted by Gasteiger charge is -2.36. The second-order valence-corrected chi connectivity index (χ2v) is 6.38. The fraction of sp³-hybridized carbons (Fsp3) is 0.769. The van der Waals surface area contributed by atoms with E-state index in [2.05, 4.69) is 17.2 Å². The van der Waals surface area contributed by atoms with Crippen LogP contribution in [0.3, 0.4) is 0 Å². The van der Waals surface area contributed by atoms with Gasteiger partial charge in [-0.1, -0.05) is 19.3 Å². The van der Waals surface area contributed by atoms with Crippen LogP contribution in [0, 0.1) is 13.8 Å². The minimum Gasteiger partial charge on any atom is -0.394 e. The highest BCUT2D eigenvalue weighted by molar-refractivity contribution is 7.11. The molecule has 1 fully saturated rings. The summed E-state index contributed by atoms with van der Waals surface area (Å²) >= 11 is 1.76. The van der Waals surface area contributed by atoms with Crippen molar-refractivity contribution in [3.05, 3.63) is 15.6 Å². The molecule has 0 aromatic carbocycles. The molecule has 17 heavy (non-hydrogen) atoms. The summed E-state index contributed by atoms with van der Waals surface area (Å²) in [4.78, 5) is 5.75. The average Bonchev–Trinajstić information content (AvgIpc) is 2.67. The van der Waals surface area contributed by atoms with Gasteiger partial charge in [0.1, 0.15) is 0 Å². The molecule has 0 unspecified atom stereocenters. The first kappa shape index (κ1) is 13.0. The number of aromatic nitrogens is 1. The van der Waals surface area contributed by atoms with E-state index in [0.717, 1.165) is 30.1 Å². The molecule has 1 heterocycles. The largest absolute Gasteiger partial charge is 0.394 e. The van der Waals surface area contributed by atoms with Crippen LogP contribution in [0.4, 0.5) is 0 Å². The minimum absolute atomic E-state index is 0.0391. The Kier molecular flexibility index (Phi) is 4.17. The second-order valence-electron chi connectivity index (χ2n) is 5.09. The van der Waals surface area contributed by atoms with Crippen LogP contribution < -0.4 is 5.32 Å². The summed E-state index contributed by atoms with van der Waals surface area (Å²) < 4.78 is 0. The monoisotopic (exact) mass is 254 g/mol. The zero-order chi connectivity index (χ0) is 12.3. The molecule has 0 saturated heterocycles. The van der Waals surface area contributed by atoms with Gasteiger partial charge in [0.25, 0.3) is 0 Å². The third-order valence-electron chi connectivity index (χ3n) is 3.74. The van der Waals surface area contributed by atoms with Crippen molar-refractivity contribution in [2.45, 2.75) is 58.0 Å². The van der Waals surface area contributed by atoms with Gasteiger partial charge in [0, 0.05) is 17.0 Å². The van der Waals surface area contributed by atoms with E-state index in [1.54, 1.807) is 11.3 Å². The number of nitrogens with one attached hydrogen (secondary N) is 1. The van der Waals surface area contributed by atoms with E-state index >= 15 is 0 Å². The van der Waals surface area contributed by atoms with E-state index in [-0.39, 0.29) is 12.1 Å². The number of hydrogen-bond donors (Lipinski definition) is 2. The molecule has 4 heteroatoms. The van der Waals surface area contributed by atoms with Crippen LogP contribution in [0.5, 0.6) is 0 Å². The van der Waals surface area contributed by atoms with Gasteiger partial charge in [0.2, 0.25) is 0 Å². The van der Waals surface area contributed by atoms with Gasteiger partial charge in [-0.25, -0.2) is 4.98 Å². The molecule has 0 atom stereocenters. The molecule has 0 bridgehead atoms. The maximum Gasteiger partial charge on any atom is 0.0900 e. The Morgan fingerprint density at radius 2 is 2.00 bits per heavy atom. The molecule has 1 aliphatic rings. The average molecular weight is 254 g/mol. The molecule has 3 nitrogen and oxygen atoms in total. The number of rotatable bonds is 4. The molecule has 1 aromatic rings. The summed E-state index contributed by atoms with van der Waals surface area (Å²) in [5, 5.41) is 14.3. The summed E-state index contributed by atoms with van der Waals surface area (Å²) in [6.45, 7) is 5.21. The van der Waals surface area contributed by atoms with Crippen molar-refractivity contribution in [1.82, 2.24) is 10.3 Å². The van der Waals surface area contributed by atoms with E-state index in [9.17, 15) is 5.11 Å². The Labute approximate surface area is 107 Å². The van der Waals surface area contributed by atoms with Crippen LogP contribution in [0.2, 0.25) is 0 Å². The maximum atomic E-state index is 9.62. The van der Waals surface area contributed by atoms with Crippen molar-refractivity contribution < 1.29 is 5.11 Å². The van der Waals surface area contributed by atoms with Crippen molar-refractivity contribution in [2.75, 3.05) is 6.61 Å². The fourth-order valence-corrected chi connectivity index (χ4v) is 3.50. The molecule has 0 radical (unpaired) electrons. The SMILES string of the molecule is Cc1nc(C)c(CNC2(CO)CCCCC2)s1. The van der Waals surface area contributed by atoms with Gasteiger partial charge in [-0.05, 0) is 26.7 Å². The highest BCUT2D eigenvalue weighted by atomic mass is 32.1. The van der Waals surface area contributed by atoms with Crippen LogP contribution in [0.25, 0.3) is 0 Å². The van der Waals surface area contributed by atoms with E-state index < -0.39 is 0 Å². The first-order valence-corrected chi connectivity index (χ1v) is 7.26. The van der Waals surface area contributed by atoms with Crippen LogP contribution in [0.15, 0.2) is 0 Å². The Balaban J connectivity index is 1.98. The predicted octanol–water partition coefficient (Wildman–Crippen LogP) is 2.54. The van der Waals surface area contributed by atoms with E-state index in [4.69, 9.17) is 0 Å². The predicted molar refractivity (Wildman–Crippen MR) is 71.3 cm³/mol. The summed E-state index contributed by atoms with van der Waals surface area (Å²) in [7, 11) is 0. The molecule has 0 amide bonds. The smallest absolute Gasteiger partial charge is 0.0900 e. The molecular weight excluding hydrogens is 232 g/mol. The zero-order valence-corrected chi connectivity index (χ0v) is 11.6. The van der Waals surface area contributed by atoms with Gasteiger partial charge in [-0.2, -0.15) is 0 Å². The quantitative estimate of drug-likeness (QED) is 0.868. The van der Waals surface area contributed by atoms with E-state index in [1.807, 2.05) is 6.92 Å². The van der Waals surface area contributed by atoms with E-state index in [0.29, 0.717) is 0 Å². The molecule has 2 N–H and O–H groups in total. The molecule has 1 aliphatic carbocycles. The van der Waals surface area contributed by atoms with Gasteiger partial charge in [0.15, 0.2) is 0 Å². The van der Waals surface area contributed by atoms with Gasteiger partial charge in [0.05, 0.1) is 17.3 Å². The lowest BCUT2D eigenvalue weighted by atomic mass is 9.82. The molecule has 0 aliphatic heterocycles. The van der Waals surface area contributed by atoms with Crippen molar-refractivity contribution >= 4 is 11.3 Å². The highest BCUT2D eigenvalue weighted by Gasteiger charge is 2.30. The number of nitrogens with zero attached hydrogens (tertiary/aromatic N) is 1. The number of hydrogen-bond acceptors (Lipinski definition) is 4. The molecule has 96 valence electrons. The zero-order valence-electron chi connectivity index (χ0n) is 10.8. The van der Waals surface area contributed by atoms with Crippen LogP contribution in [0.1, 0.15) is 47.7 Å². The molecule has 1 saturated carbocycles. The van der Waals surface area contributed by atoms with Crippen molar-refractivity contribution in [3.63, 3.8) is 0 Å². The number of aryl methyl sites for hydroxylation is 2. The third-order valence-corrected chi connectivity index (χ3v) is 4.81. The first-order chi connectivity index (χ1) is 8.15. The normalized spacial score (nSPS) is 19.5. The molecular formula is C13H22N2OS. The number of aliphatic hydroxyl groups is 1. The summed E-state index contributed by atoms with van der Waals surface area (Å²) in [6.07, 6.45) is 5.96. The summed E-state index contributed by atoms with van der Waals surface area (Å²) in [5.74, 6) is 0. The number of thiazole rings is 1. The Bertz CT molecular complexity index is 369. The van der Waals surface area contributed by atoms with Crippen molar-refractivity contribution in [1.29, 1.82) is 0 Å². The summed E-state index contributed by atoms with van der Waals surface area (Å²) in [6, 6.07) is 0. The van der Waals surface area contributed by atoms with Gasteiger partial charge >= 0.3 is 0 Å². The number of aliphatic hydroxyl groups excluding tert-OH is 1. The Morgan fingerprint density at radius 1 is 1.29 bits per heavy atom. The highest BCUT2D eigenvalue weighted by Crippen LogP contribution is 2.28. The van der Waals surface area contributed by atoms with Gasteiger partial charge in [-0.15, -0.1) is 11.3 Å². The van der Waals surface area contributed by atoms with Gasteiger partial charge < -0.3 is 10.4 Å². The lowest BCUT2D eigenvalue weighted by Crippen LogP contribution is -2.49. The fourth-order valence-electron chi connectivity index (χ4n) is 2.62. The maximum absolute atomic E-state index is 9.62. The molecule has 0 spiro atoms. The topological polar surface area (TPSA) is 45.2 Å². The summed E-state index contributed by atoms with van der Waals surface area (Å²) in [5.41, 5.74) is 1.09. The van der Waals surface area contributed by atoms with E-state index in [1.165, 1.54) is 24.1 Å². The van der Waals surface area contributed by atoms with Gasteiger partial charge in [-0.3, -0.25) is 0 Å². The second kappa shape index (κ2) is 5.46. The lowest BCUT2D eigenvalue weighted by molar-refractivity contribution is 0.120. The van der Waals surface area contributed by atoms with Crippen molar-refractivity contribution in [3.8, 4) is 0 Å². The van der Waals surface area contributed by atoms with Crippen LogP contribution in [-0.2, 0) is 6.54 Å². The Morgan fingerprint density at radius 3 is 2.53 bits per heavy atom. The van der Waals surface area contributed by atoms with Crippen LogP contribution >= 0.6 is 11.3 Å². The molecule has 2 rings (SSSR count). The third kappa shape index (κ3) is 3.06. The minimum atomic E-state index is -0.0391. The Hall–Kier alpha value is -0.450. The molecule has 1 aromatic heterocycles. The van der Waals surface area contributed by atoms with Crippen LogP contribution in [-0.4, -0.2) is 22.2 Å². The first-order valence-electron chi connectivity index (χ1n) is 6.44. The van der Waals surface area contributed by atoms with Crippen molar-refractivity contribution in [2.24, 2.45) is 0 Å².